The van der Waals surface area contributed by atoms with Crippen molar-refractivity contribution in [3.63, 3.8) is 0 Å². The predicted molar refractivity (Wildman–Crippen MR) is 123 cm³/mol. The molecule has 5 rings (SSSR count). The lowest BCUT2D eigenvalue weighted by Crippen LogP contribution is -2.38. The molecule has 3 aromatic rings. The second-order valence-electron chi connectivity index (χ2n) is 8.43. The maximum Gasteiger partial charge on any atom is 0.290 e. The Morgan fingerprint density at radius 2 is 1.78 bits per heavy atom. The van der Waals surface area contributed by atoms with E-state index in [9.17, 15) is 9.59 Å². The zero-order valence-corrected chi connectivity index (χ0v) is 18.7. The van der Waals surface area contributed by atoms with Gasteiger partial charge in [-0.3, -0.25) is 14.5 Å². The number of hydrogen-bond donors (Lipinski definition) is 0. The van der Waals surface area contributed by atoms with Gasteiger partial charge >= 0.3 is 0 Å². The van der Waals surface area contributed by atoms with Crippen LogP contribution in [0.4, 0.5) is 0 Å². The fourth-order valence-electron chi connectivity index (χ4n) is 4.61. The quantitative estimate of drug-likeness (QED) is 0.585. The van der Waals surface area contributed by atoms with Gasteiger partial charge in [-0.1, -0.05) is 41.4 Å². The topological polar surface area (TPSA) is 63.0 Å². The summed E-state index contributed by atoms with van der Waals surface area (Å²) in [5.74, 6) is -0.0942. The number of ether oxygens (including phenoxy) is 1. The third-order valence-corrected chi connectivity index (χ3v) is 6.53. The monoisotopic (exact) mass is 452 g/mol. The van der Waals surface area contributed by atoms with Gasteiger partial charge in [0.05, 0.1) is 30.2 Å². The van der Waals surface area contributed by atoms with Gasteiger partial charge in [0, 0.05) is 31.2 Å². The molecule has 1 fully saturated rings. The van der Waals surface area contributed by atoms with Gasteiger partial charge < -0.3 is 14.1 Å². The lowest BCUT2D eigenvalue weighted by molar-refractivity contribution is 0.0353. The highest BCUT2D eigenvalue weighted by Gasteiger charge is 2.42. The molecule has 2 aliphatic heterocycles. The molecular formula is C25H25ClN2O4. The number of aryl methyl sites for hydroxylation is 1. The summed E-state index contributed by atoms with van der Waals surface area (Å²) >= 11 is 6.14. The molecule has 32 heavy (non-hydrogen) atoms. The van der Waals surface area contributed by atoms with E-state index in [1.54, 1.807) is 23.1 Å². The predicted octanol–water partition coefficient (Wildman–Crippen LogP) is 4.02. The van der Waals surface area contributed by atoms with Crippen molar-refractivity contribution < 1.29 is 13.9 Å². The maximum absolute atomic E-state index is 13.5. The fraction of sp³-hybridized carbons (Fsp3) is 0.360. The molecule has 0 radical (unpaired) electrons. The number of fused-ring (bicyclic) bond motifs is 2. The van der Waals surface area contributed by atoms with Crippen LogP contribution in [-0.4, -0.2) is 55.1 Å². The number of amides is 1. The minimum absolute atomic E-state index is 0.141. The summed E-state index contributed by atoms with van der Waals surface area (Å²) < 4.78 is 11.4. The summed E-state index contributed by atoms with van der Waals surface area (Å²) in [5, 5.41) is 0.861. The highest BCUT2D eigenvalue weighted by molar-refractivity contribution is 6.31. The van der Waals surface area contributed by atoms with Crippen LogP contribution in [0, 0.1) is 6.92 Å². The summed E-state index contributed by atoms with van der Waals surface area (Å²) in [7, 11) is 0. The Labute approximate surface area is 191 Å². The first-order chi connectivity index (χ1) is 15.5. The zero-order chi connectivity index (χ0) is 22.2. The Morgan fingerprint density at radius 1 is 1.03 bits per heavy atom. The van der Waals surface area contributed by atoms with Crippen LogP contribution < -0.4 is 5.43 Å². The van der Waals surface area contributed by atoms with Crippen LogP contribution >= 0.6 is 11.6 Å². The second-order valence-corrected chi connectivity index (χ2v) is 8.87. The Kier molecular flexibility index (Phi) is 5.76. The second kappa shape index (κ2) is 8.70. The number of halogens is 1. The standard InChI is InChI=1S/C25H25ClN2O4/c1-16-3-5-17(6-4-16)22-21-23(29)19-15-18(26)7-8-20(19)32-24(21)25(30)28(22)10-2-9-27-11-13-31-14-12-27/h3-8,15,22H,2,9-14H2,1H3/t22-/m1/s1. The lowest BCUT2D eigenvalue weighted by atomic mass is 9.97. The van der Waals surface area contributed by atoms with Gasteiger partial charge in [0.2, 0.25) is 5.76 Å². The number of rotatable bonds is 5. The molecule has 1 amide bonds. The van der Waals surface area contributed by atoms with E-state index < -0.39 is 6.04 Å². The number of benzene rings is 2. The molecule has 0 unspecified atom stereocenters. The average molecular weight is 453 g/mol. The molecule has 0 aliphatic carbocycles. The molecular weight excluding hydrogens is 428 g/mol. The molecule has 166 valence electrons. The Hall–Kier alpha value is -2.67. The van der Waals surface area contributed by atoms with Gasteiger partial charge in [0.25, 0.3) is 5.91 Å². The van der Waals surface area contributed by atoms with Gasteiger partial charge in [0.15, 0.2) is 5.43 Å². The van der Waals surface area contributed by atoms with E-state index >= 15 is 0 Å². The van der Waals surface area contributed by atoms with Gasteiger partial charge in [0.1, 0.15) is 5.58 Å². The molecule has 3 heterocycles. The molecule has 1 saturated heterocycles. The molecule has 2 aromatic carbocycles. The maximum atomic E-state index is 13.5. The molecule has 7 heteroatoms. The highest BCUT2D eigenvalue weighted by atomic mass is 35.5. The Bertz CT molecular complexity index is 1220. The third-order valence-electron chi connectivity index (χ3n) is 6.30. The van der Waals surface area contributed by atoms with E-state index in [1.807, 2.05) is 31.2 Å². The normalized spacial score (nSPS) is 19.0. The van der Waals surface area contributed by atoms with E-state index in [4.69, 9.17) is 20.8 Å². The number of carbonyl (C=O) groups excluding carboxylic acids is 1. The molecule has 0 spiro atoms. The van der Waals surface area contributed by atoms with Crippen LogP contribution in [0.2, 0.25) is 5.02 Å². The van der Waals surface area contributed by atoms with E-state index in [2.05, 4.69) is 4.90 Å². The number of morpholine rings is 1. The Balaban J connectivity index is 1.53. The molecule has 0 N–H and O–H groups in total. The van der Waals surface area contributed by atoms with Crippen molar-refractivity contribution >= 4 is 28.5 Å². The van der Waals surface area contributed by atoms with Crippen LogP contribution in [0.1, 0.15) is 39.7 Å². The molecule has 2 aliphatic rings. The smallest absolute Gasteiger partial charge is 0.290 e. The highest BCUT2D eigenvalue weighted by Crippen LogP contribution is 2.38. The third kappa shape index (κ3) is 3.83. The molecule has 0 bridgehead atoms. The van der Waals surface area contributed by atoms with E-state index in [-0.39, 0.29) is 17.1 Å². The summed E-state index contributed by atoms with van der Waals surface area (Å²) in [6.45, 7) is 6.73. The number of hydrogen-bond acceptors (Lipinski definition) is 5. The van der Waals surface area contributed by atoms with Crippen molar-refractivity contribution in [1.29, 1.82) is 0 Å². The minimum atomic E-state index is -0.470. The first-order valence-electron chi connectivity index (χ1n) is 11.0. The molecule has 6 nitrogen and oxygen atoms in total. The van der Waals surface area contributed by atoms with E-state index in [1.165, 1.54) is 0 Å². The van der Waals surface area contributed by atoms with Crippen LogP contribution in [0.25, 0.3) is 11.0 Å². The van der Waals surface area contributed by atoms with Gasteiger partial charge in [-0.25, -0.2) is 0 Å². The van der Waals surface area contributed by atoms with Crippen molar-refractivity contribution in [1.82, 2.24) is 9.80 Å². The van der Waals surface area contributed by atoms with Crippen LogP contribution in [0.15, 0.2) is 51.7 Å². The molecule has 0 saturated carbocycles. The summed E-state index contributed by atoms with van der Waals surface area (Å²) in [6.07, 6.45) is 0.807. The van der Waals surface area contributed by atoms with Crippen molar-refractivity contribution in [3.05, 3.63) is 80.2 Å². The first-order valence-corrected chi connectivity index (χ1v) is 11.3. The van der Waals surface area contributed by atoms with Crippen molar-refractivity contribution in [2.45, 2.75) is 19.4 Å². The zero-order valence-electron chi connectivity index (χ0n) is 18.0. The van der Waals surface area contributed by atoms with Crippen LogP contribution in [0.3, 0.4) is 0 Å². The summed E-state index contributed by atoms with van der Waals surface area (Å²) in [4.78, 5) is 31.1. The van der Waals surface area contributed by atoms with Crippen molar-refractivity contribution in [3.8, 4) is 0 Å². The van der Waals surface area contributed by atoms with Crippen LogP contribution in [-0.2, 0) is 4.74 Å². The van der Waals surface area contributed by atoms with Crippen LogP contribution in [0.5, 0.6) is 0 Å². The average Bonchev–Trinajstić information content (AvgIpc) is 3.08. The van der Waals surface area contributed by atoms with Crippen molar-refractivity contribution in [2.24, 2.45) is 0 Å². The van der Waals surface area contributed by atoms with Gasteiger partial charge in [-0.05, 0) is 37.1 Å². The Morgan fingerprint density at radius 3 is 2.53 bits per heavy atom. The largest absolute Gasteiger partial charge is 0.450 e. The van der Waals surface area contributed by atoms with Crippen molar-refractivity contribution in [2.75, 3.05) is 39.4 Å². The van der Waals surface area contributed by atoms with Gasteiger partial charge in [-0.2, -0.15) is 0 Å². The number of nitrogens with zero attached hydrogens (tertiary/aromatic N) is 2. The molecule has 1 aromatic heterocycles. The van der Waals surface area contributed by atoms with E-state index in [0.717, 1.165) is 50.4 Å². The SMILES string of the molecule is Cc1ccc([C@@H]2c3c(oc4ccc(Cl)cc4c3=O)C(=O)N2CCCN2CCOCC2)cc1. The minimum Gasteiger partial charge on any atom is -0.450 e. The molecule has 1 atom stereocenters. The fourth-order valence-corrected chi connectivity index (χ4v) is 4.78. The summed E-state index contributed by atoms with van der Waals surface area (Å²) in [6, 6.07) is 12.4. The number of carbonyl (C=O) groups is 1. The van der Waals surface area contributed by atoms with E-state index in [0.29, 0.717) is 28.1 Å². The first kappa shape index (κ1) is 21.2. The lowest BCUT2D eigenvalue weighted by Gasteiger charge is -2.29. The summed E-state index contributed by atoms with van der Waals surface area (Å²) in [5.41, 5.74) is 2.61. The van der Waals surface area contributed by atoms with Gasteiger partial charge in [-0.15, -0.1) is 0 Å².